The van der Waals surface area contributed by atoms with Crippen LogP contribution in [0.25, 0.3) is 0 Å². The highest BCUT2D eigenvalue weighted by Gasteiger charge is 2.20. The molecule has 0 aromatic heterocycles. The first-order valence-electron chi connectivity index (χ1n) is 6.40. The highest BCUT2D eigenvalue weighted by atomic mass is 16.5. The van der Waals surface area contributed by atoms with Crippen molar-refractivity contribution in [3.05, 3.63) is 35.4 Å². The van der Waals surface area contributed by atoms with E-state index in [1.54, 1.807) is 0 Å². The van der Waals surface area contributed by atoms with Crippen LogP contribution < -0.4 is 0 Å². The normalized spacial score (nSPS) is 24.5. The first-order valence-corrected chi connectivity index (χ1v) is 6.40. The summed E-state index contributed by atoms with van der Waals surface area (Å²) >= 11 is 0. The van der Waals surface area contributed by atoms with Gasteiger partial charge in [0.2, 0.25) is 0 Å². The van der Waals surface area contributed by atoms with Crippen LogP contribution >= 0.6 is 0 Å². The van der Waals surface area contributed by atoms with Crippen molar-refractivity contribution in [2.45, 2.75) is 45.3 Å². The minimum absolute atomic E-state index is 0.272. The van der Waals surface area contributed by atoms with Crippen LogP contribution in [0.5, 0.6) is 0 Å². The van der Waals surface area contributed by atoms with Gasteiger partial charge in [0, 0.05) is 5.92 Å². The second-order valence-electron chi connectivity index (χ2n) is 4.97. The van der Waals surface area contributed by atoms with Crippen molar-refractivity contribution in [1.29, 1.82) is 0 Å². The van der Waals surface area contributed by atoms with Crippen molar-refractivity contribution in [2.75, 3.05) is 0 Å². The van der Waals surface area contributed by atoms with Crippen LogP contribution in [-0.4, -0.2) is 12.4 Å². The summed E-state index contributed by atoms with van der Waals surface area (Å²) < 4.78 is 5.89. The molecule has 0 aliphatic heterocycles. The summed E-state index contributed by atoms with van der Waals surface area (Å²) in [5.41, 5.74) is 2.51. The SMILES string of the molecule is Cc1ccc(CO[C@H]2CC[C@H](C=O)CC2)cc1. The van der Waals surface area contributed by atoms with E-state index in [0.29, 0.717) is 12.7 Å². The number of hydrogen-bond acceptors (Lipinski definition) is 2. The van der Waals surface area contributed by atoms with Gasteiger partial charge < -0.3 is 9.53 Å². The lowest BCUT2D eigenvalue weighted by molar-refractivity contribution is -0.113. The Kier molecular flexibility index (Phi) is 4.32. The number of rotatable bonds is 4. The Balaban J connectivity index is 1.75. The molecule has 1 aliphatic rings. The molecule has 0 unspecified atom stereocenters. The van der Waals surface area contributed by atoms with Crippen LogP contribution in [0.4, 0.5) is 0 Å². The molecule has 17 heavy (non-hydrogen) atoms. The van der Waals surface area contributed by atoms with Gasteiger partial charge in [-0.1, -0.05) is 29.8 Å². The summed E-state index contributed by atoms with van der Waals surface area (Å²) in [5.74, 6) is 0.272. The number of ether oxygens (including phenoxy) is 1. The number of aldehydes is 1. The molecule has 2 nitrogen and oxygen atoms in total. The average Bonchev–Trinajstić information content (AvgIpc) is 2.39. The molecule has 0 atom stereocenters. The zero-order valence-electron chi connectivity index (χ0n) is 10.4. The van der Waals surface area contributed by atoms with Gasteiger partial charge in [0.1, 0.15) is 6.29 Å². The van der Waals surface area contributed by atoms with Crippen molar-refractivity contribution in [3.8, 4) is 0 Å². The van der Waals surface area contributed by atoms with Gasteiger partial charge in [-0.3, -0.25) is 0 Å². The maximum absolute atomic E-state index is 10.6. The highest BCUT2D eigenvalue weighted by molar-refractivity contribution is 5.53. The first kappa shape index (κ1) is 12.3. The van der Waals surface area contributed by atoms with Gasteiger partial charge in [0.15, 0.2) is 0 Å². The minimum Gasteiger partial charge on any atom is -0.374 e. The number of carbonyl (C=O) groups is 1. The fourth-order valence-electron chi connectivity index (χ4n) is 2.29. The largest absolute Gasteiger partial charge is 0.374 e. The summed E-state index contributed by atoms with van der Waals surface area (Å²) in [5, 5.41) is 0. The lowest BCUT2D eigenvalue weighted by Crippen LogP contribution is -2.22. The first-order chi connectivity index (χ1) is 8.28. The van der Waals surface area contributed by atoms with E-state index < -0.39 is 0 Å². The lowest BCUT2D eigenvalue weighted by Gasteiger charge is -2.25. The van der Waals surface area contributed by atoms with E-state index in [4.69, 9.17) is 4.74 Å². The van der Waals surface area contributed by atoms with Crippen molar-refractivity contribution in [1.82, 2.24) is 0 Å². The summed E-state index contributed by atoms with van der Waals surface area (Å²) in [4.78, 5) is 10.6. The molecule has 0 bridgehead atoms. The Bertz CT molecular complexity index is 348. The molecule has 0 N–H and O–H groups in total. The van der Waals surface area contributed by atoms with Crippen LogP contribution in [0.2, 0.25) is 0 Å². The standard InChI is InChI=1S/C15H20O2/c1-12-2-4-14(5-3-12)11-17-15-8-6-13(10-16)7-9-15/h2-5,10,13,15H,6-9,11H2,1H3/t13-,15-. The van der Waals surface area contributed by atoms with Gasteiger partial charge >= 0.3 is 0 Å². The molecule has 2 rings (SSSR count). The van der Waals surface area contributed by atoms with Crippen molar-refractivity contribution >= 4 is 6.29 Å². The molecule has 0 spiro atoms. The van der Waals surface area contributed by atoms with Gasteiger partial charge in [-0.25, -0.2) is 0 Å². The van der Waals surface area contributed by atoms with Crippen molar-refractivity contribution < 1.29 is 9.53 Å². The monoisotopic (exact) mass is 232 g/mol. The average molecular weight is 232 g/mol. The van der Waals surface area contributed by atoms with Gasteiger partial charge in [0.05, 0.1) is 12.7 Å². The molecule has 0 saturated heterocycles. The molecule has 1 aromatic rings. The Morgan fingerprint density at radius 2 is 1.82 bits per heavy atom. The van der Waals surface area contributed by atoms with Crippen LogP contribution in [0, 0.1) is 12.8 Å². The Morgan fingerprint density at radius 1 is 1.18 bits per heavy atom. The molecule has 1 saturated carbocycles. The van der Waals surface area contributed by atoms with Gasteiger partial charge in [-0.05, 0) is 38.2 Å². The predicted octanol–water partition coefficient (Wildman–Crippen LogP) is 3.27. The molecule has 2 heteroatoms. The van der Waals surface area contributed by atoms with Crippen LogP contribution in [0.1, 0.15) is 36.8 Å². The Morgan fingerprint density at radius 3 is 2.41 bits per heavy atom. The Hall–Kier alpha value is -1.15. The molecule has 1 aliphatic carbocycles. The maximum atomic E-state index is 10.6. The van der Waals surface area contributed by atoms with E-state index in [-0.39, 0.29) is 5.92 Å². The van der Waals surface area contributed by atoms with E-state index in [1.165, 1.54) is 11.1 Å². The molecule has 0 amide bonds. The summed E-state index contributed by atoms with van der Waals surface area (Å²) in [6, 6.07) is 8.46. The zero-order chi connectivity index (χ0) is 12.1. The number of hydrogen-bond donors (Lipinski definition) is 0. The van der Waals surface area contributed by atoms with E-state index in [1.807, 2.05) is 0 Å². The molecule has 1 fully saturated rings. The second kappa shape index (κ2) is 5.97. The van der Waals surface area contributed by atoms with E-state index in [9.17, 15) is 4.79 Å². The highest BCUT2D eigenvalue weighted by Crippen LogP contribution is 2.25. The number of benzene rings is 1. The smallest absolute Gasteiger partial charge is 0.123 e. The summed E-state index contributed by atoms with van der Waals surface area (Å²) in [6.07, 6.45) is 5.46. The second-order valence-corrected chi connectivity index (χ2v) is 4.97. The fraction of sp³-hybridized carbons (Fsp3) is 0.533. The van der Waals surface area contributed by atoms with E-state index in [2.05, 4.69) is 31.2 Å². The third-order valence-corrected chi connectivity index (χ3v) is 3.52. The van der Waals surface area contributed by atoms with Crippen LogP contribution in [0.3, 0.4) is 0 Å². The molecule has 1 aromatic carbocycles. The number of carbonyl (C=O) groups excluding carboxylic acids is 1. The van der Waals surface area contributed by atoms with Crippen molar-refractivity contribution in [3.63, 3.8) is 0 Å². The van der Waals surface area contributed by atoms with E-state index in [0.717, 1.165) is 32.0 Å². The van der Waals surface area contributed by atoms with Gasteiger partial charge in [0.25, 0.3) is 0 Å². The molecular formula is C15H20O2. The fourth-order valence-corrected chi connectivity index (χ4v) is 2.29. The van der Waals surface area contributed by atoms with Gasteiger partial charge in [-0.15, -0.1) is 0 Å². The third kappa shape index (κ3) is 3.67. The lowest BCUT2D eigenvalue weighted by atomic mass is 9.88. The zero-order valence-corrected chi connectivity index (χ0v) is 10.4. The molecule has 92 valence electrons. The van der Waals surface area contributed by atoms with Crippen LogP contribution in [-0.2, 0) is 16.1 Å². The maximum Gasteiger partial charge on any atom is 0.123 e. The van der Waals surface area contributed by atoms with Gasteiger partial charge in [-0.2, -0.15) is 0 Å². The van der Waals surface area contributed by atoms with E-state index >= 15 is 0 Å². The minimum atomic E-state index is 0.272. The Labute approximate surface area is 103 Å². The molecule has 0 heterocycles. The van der Waals surface area contributed by atoms with Crippen LogP contribution in [0.15, 0.2) is 24.3 Å². The summed E-state index contributed by atoms with van der Waals surface area (Å²) in [6.45, 7) is 2.78. The molecular weight excluding hydrogens is 212 g/mol. The quantitative estimate of drug-likeness (QED) is 0.745. The topological polar surface area (TPSA) is 26.3 Å². The van der Waals surface area contributed by atoms with Crippen molar-refractivity contribution in [2.24, 2.45) is 5.92 Å². The third-order valence-electron chi connectivity index (χ3n) is 3.52. The summed E-state index contributed by atoms with van der Waals surface area (Å²) in [7, 11) is 0. The molecule has 0 radical (unpaired) electrons. The predicted molar refractivity (Wildman–Crippen MR) is 67.8 cm³/mol. The number of aryl methyl sites for hydroxylation is 1.